The Morgan fingerprint density at radius 2 is 2.05 bits per heavy atom. The summed E-state index contributed by atoms with van der Waals surface area (Å²) >= 11 is 0. The molecule has 1 heterocycles. The molecular formula is C17H34N2. The van der Waals surface area contributed by atoms with Crippen LogP contribution in [0.25, 0.3) is 0 Å². The van der Waals surface area contributed by atoms with E-state index in [0.29, 0.717) is 5.41 Å². The first-order valence-electron chi connectivity index (χ1n) is 8.41. The normalized spacial score (nSPS) is 32.1. The monoisotopic (exact) mass is 266 g/mol. The van der Waals surface area contributed by atoms with E-state index < -0.39 is 0 Å². The second-order valence-corrected chi connectivity index (χ2v) is 8.12. The van der Waals surface area contributed by atoms with E-state index in [9.17, 15) is 0 Å². The fraction of sp³-hybridized carbons (Fsp3) is 1.00. The van der Waals surface area contributed by atoms with Crippen LogP contribution in [0.2, 0.25) is 0 Å². The van der Waals surface area contributed by atoms with Crippen LogP contribution < -0.4 is 5.32 Å². The van der Waals surface area contributed by atoms with Crippen molar-refractivity contribution in [3.63, 3.8) is 0 Å². The van der Waals surface area contributed by atoms with E-state index in [1.54, 1.807) is 0 Å². The molecule has 0 aromatic heterocycles. The van der Waals surface area contributed by atoms with Gasteiger partial charge < -0.3 is 10.2 Å². The van der Waals surface area contributed by atoms with Crippen LogP contribution >= 0.6 is 0 Å². The number of nitrogens with zero attached hydrogens (tertiary/aromatic N) is 1. The molecule has 0 radical (unpaired) electrons. The molecule has 2 atom stereocenters. The Hall–Kier alpha value is -0.0800. The van der Waals surface area contributed by atoms with Crippen molar-refractivity contribution in [2.24, 2.45) is 17.3 Å². The summed E-state index contributed by atoms with van der Waals surface area (Å²) in [5.41, 5.74) is 0.580. The first-order chi connectivity index (χ1) is 8.96. The van der Waals surface area contributed by atoms with Crippen molar-refractivity contribution in [3.05, 3.63) is 0 Å². The van der Waals surface area contributed by atoms with Gasteiger partial charge in [-0.1, -0.05) is 34.1 Å². The third-order valence-electron chi connectivity index (χ3n) is 5.00. The second-order valence-electron chi connectivity index (χ2n) is 8.12. The molecule has 2 heteroatoms. The number of likely N-dealkylation sites (tertiary alicyclic amines) is 1. The second kappa shape index (κ2) is 6.58. The van der Waals surface area contributed by atoms with Crippen molar-refractivity contribution in [2.75, 3.05) is 26.2 Å². The van der Waals surface area contributed by atoms with Crippen LogP contribution in [-0.4, -0.2) is 37.1 Å². The van der Waals surface area contributed by atoms with Crippen LogP contribution in [-0.2, 0) is 0 Å². The predicted octanol–water partition coefficient (Wildman–Crippen LogP) is 3.52. The summed E-state index contributed by atoms with van der Waals surface area (Å²) in [4.78, 5) is 2.79. The molecule has 0 aromatic rings. The molecule has 1 N–H and O–H groups in total. The summed E-state index contributed by atoms with van der Waals surface area (Å²) in [5, 5.41) is 3.64. The Labute approximate surface area is 120 Å². The van der Waals surface area contributed by atoms with Crippen LogP contribution in [0, 0.1) is 17.3 Å². The van der Waals surface area contributed by atoms with Crippen LogP contribution in [0.1, 0.15) is 59.8 Å². The van der Waals surface area contributed by atoms with E-state index in [-0.39, 0.29) is 0 Å². The van der Waals surface area contributed by atoms with E-state index in [1.807, 2.05) is 0 Å². The average molecular weight is 266 g/mol. The number of nitrogens with one attached hydrogen (secondary N) is 1. The third-order valence-corrected chi connectivity index (χ3v) is 5.00. The number of hydrogen-bond acceptors (Lipinski definition) is 2. The van der Waals surface area contributed by atoms with Crippen molar-refractivity contribution in [3.8, 4) is 0 Å². The van der Waals surface area contributed by atoms with Gasteiger partial charge in [0.25, 0.3) is 0 Å². The molecule has 0 amide bonds. The van der Waals surface area contributed by atoms with Gasteiger partial charge in [0.15, 0.2) is 0 Å². The molecular weight excluding hydrogens is 232 g/mol. The van der Waals surface area contributed by atoms with Crippen LogP contribution in [0.15, 0.2) is 0 Å². The van der Waals surface area contributed by atoms with Gasteiger partial charge in [0.2, 0.25) is 0 Å². The summed E-state index contributed by atoms with van der Waals surface area (Å²) < 4.78 is 0. The molecule has 0 aromatic carbocycles. The lowest BCUT2D eigenvalue weighted by molar-refractivity contribution is 0.110. The lowest BCUT2D eigenvalue weighted by Crippen LogP contribution is -2.40. The minimum absolute atomic E-state index is 0.580. The van der Waals surface area contributed by atoms with Crippen LogP contribution in [0.3, 0.4) is 0 Å². The smallest absolute Gasteiger partial charge is 0.0100 e. The van der Waals surface area contributed by atoms with Crippen molar-refractivity contribution in [1.82, 2.24) is 10.2 Å². The average Bonchev–Trinajstić information content (AvgIpc) is 2.76. The van der Waals surface area contributed by atoms with Crippen LogP contribution in [0.5, 0.6) is 0 Å². The highest BCUT2D eigenvalue weighted by molar-refractivity contribution is 4.89. The Kier molecular flexibility index (Phi) is 5.30. The number of hydrogen-bond donors (Lipinski definition) is 1. The zero-order valence-corrected chi connectivity index (χ0v) is 13.5. The minimum Gasteiger partial charge on any atom is -0.316 e. The Morgan fingerprint density at radius 3 is 2.74 bits per heavy atom. The first kappa shape index (κ1) is 15.3. The van der Waals surface area contributed by atoms with Crippen LogP contribution in [0.4, 0.5) is 0 Å². The summed E-state index contributed by atoms with van der Waals surface area (Å²) in [6, 6.07) is 0.874. The maximum atomic E-state index is 3.64. The quantitative estimate of drug-likeness (QED) is 0.819. The number of rotatable bonds is 5. The summed E-state index contributed by atoms with van der Waals surface area (Å²) in [6.45, 7) is 14.6. The van der Waals surface area contributed by atoms with E-state index in [4.69, 9.17) is 0 Å². The van der Waals surface area contributed by atoms with Crippen molar-refractivity contribution in [2.45, 2.75) is 65.8 Å². The Bertz CT molecular complexity index is 272. The highest BCUT2D eigenvalue weighted by Crippen LogP contribution is 2.38. The van der Waals surface area contributed by atoms with Gasteiger partial charge in [-0.25, -0.2) is 0 Å². The van der Waals surface area contributed by atoms with Gasteiger partial charge in [-0.2, -0.15) is 0 Å². The van der Waals surface area contributed by atoms with Crippen molar-refractivity contribution >= 4 is 0 Å². The molecule has 0 bridgehead atoms. The molecule has 0 spiro atoms. The van der Waals surface area contributed by atoms with E-state index in [1.165, 1.54) is 58.3 Å². The topological polar surface area (TPSA) is 15.3 Å². The van der Waals surface area contributed by atoms with Crippen molar-refractivity contribution in [1.29, 1.82) is 0 Å². The van der Waals surface area contributed by atoms with E-state index >= 15 is 0 Å². The molecule has 1 aliphatic heterocycles. The molecule has 19 heavy (non-hydrogen) atoms. The highest BCUT2D eigenvalue weighted by Gasteiger charge is 2.34. The van der Waals surface area contributed by atoms with Gasteiger partial charge >= 0.3 is 0 Å². The zero-order chi connectivity index (χ0) is 13.9. The summed E-state index contributed by atoms with van der Waals surface area (Å²) in [7, 11) is 0. The molecule has 1 saturated heterocycles. The Morgan fingerprint density at radius 1 is 1.26 bits per heavy atom. The lowest BCUT2D eigenvalue weighted by atomic mass is 9.75. The standard InChI is InChI=1S/C17H34N2/c1-14(2)11-18-12-15-7-9-19(13-15)16-6-5-8-17(3,4)10-16/h14-16,18H,5-13H2,1-4H3. The van der Waals surface area contributed by atoms with Gasteiger partial charge in [0.05, 0.1) is 0 Å². The maximum absolute atomic E-state index is 3.64. The maximum Gasteiger partial charge on any atom is 0.0100 e. The summed E-state index contributed by atoms with van der Waals surface area (Å²) in [5.74, 6) is 1.67. The fourth-order valence-electron chi connectivity index (χ4n) is 3.91. The Balaban J connectivity index is 1.72. The predicted molar refractivity (Wildman–Crippen MR) is 83.4 cm³/mol. The third kappa shape index (κ3) is 4.75. The first-order valence-corrected chi connectivity index (χ1v) is 8.41. The largest absolute Gasteiger partial charge is 0.316 e. The summed E-state index contributed by atoms with van der Waals surface area (Å²) in [6.07, 6.45) is 7.12. The molecule has 2 fully saturated rings. The molecule has 2 aliphatic rings. The molecule has 2 nitrogen and oxygen atoms in total. The minimum atomic E-state index is 0.580. The SMILES string of the molecule is CC(C)CNCC1CCN(C2CCCC(C)(C)C2)C1. The van der Waals surface area contributed by atoms with Gasteiger partial charge in [0, 0.05) is 12.6 Å². The molecule has 112 valence electrons. The van der Waals surface area contributed by atoms with Crippen molar-refractivity contribution < 1.29 is 0 Å². The van der Waals surface area contributed by atoms with Gasteiger partial charge in [-0.3, -0.25) is 0 Å². The molecule has 2 rings (SSSR count). The van der Waals surface area contributed by atoms with Gasteiger partial charge in [-0.15, -0.1) is 0 Å². The van der Waals surface area contributed by atoms with Gasteiger partial charge in [-0.05, 0) is 62.6 Å². The lowest BCUT2D eigenvalue weighted by Gasteiger charge is -2.40. The zero-order valence-electron chi connectivity index (χ0n) is 13.5. The highest BCUT2D eigenvalue weighted by atomic mass is 15.2. The van der Waals surface area contributed by atoms with Gasteiger partial charge in [0.1, 0.15) is 0 Å². The molecule has 1 saturated carbocycles. The fourth-order valence-corrected chi connectivity index (χ4v) is 3.91. The molecule has 1 aliphatic carbocycles. The molecule has 2 unspecified atom stereocenters. The van der Waals surface area contributed by atoms with E-state index in [2.05, 4.69) is 37.9 Å². The van der Waals surface area contributed by atoms with E-state index in [0.717, 1.165) is 17.9 Å².